The molecule has 2 saturated heterocycles. The molecule has 2 aliphatic heterocycles. The molecule has 2 aliphatic rings. The minimum absolute atomic E-state index is 0.00737. The number of carbonyl (C=O) groups is 2. The molecule has 10 heteroatoms. The van der Waals surface area contributed by atoms with Gasteiger partial charge in [0.1, 0.15) is 5.69 Å². The molecule has 9 nitrogen and oxygen atoms in total. The molecule has 4 heterocycles. The molecule has 0 saturated carbocycles. The van der Waals surface area contributed by atoms with E-state index in [1.165, 1.54) is 4.68 Å². The van der Waals surface area contributed by atoms with Crippen molar-refractivity contribution in [3.8, 4) is 0 Å². The van der Waals surface area contributed by atoms with Crippen molar-refractivity contribution in [3.63, 3.8) is 0 Å². The Hall–Kier alpha value is -3.01. The fourth-order valence-electron chi connectivity index (χ4n) is 4.62. The van der Waals surface area contributed by atoms with Gasteiger partial charge in [-0.05, 0) is 60.1 Å². The molecule has 0 atom stereocenters. The molecular formula is C21H25N5O4S. The minimum Gasteiger partial charge on any atom is -0.339 e. The van der Waals surface area contributed by atoms with E-state index in [0.717, 1.165) is 24.8 Å². The molecule has 4 rings (SSSR count). The average molecular weight is 444 g/mol. The van der Waals surface area contributed by atoms with Gasteiger partial charge in [-0.3, -0.25) is 24.4 Å². The van der Waals surface area contributed by atoms with Gasteiger partial charge in [-0.15, -0.1) is 0 Å². The van der Waals surface area contributed by atoms with Crippen molar-refractivity contribution in [2.45, 2.75) is 26.2 Å². The summed E-state index contributed by atoms with van der Waals surface area (Å²) in [6, 6.07) is 1.97. The number of aryl methyl sites for hydroxylation is 2. The standard InChI is InChI=1S/C21H25N5O4S/c1-15-18(26(29)30)19(23(2)22-15)20(28)25-11-8-21(14-25)6-9-24(10-7-21)17(27)4-3-16-5-12-31-13-16/h3-5,12-13H,6-11,14H2,1-2H3. The van der Waals surface area contributed by atoms with Gasteiger partial charge < -0.3 is 9.80 Å². The lowest BCUT2D eigenvalue weighted by Gasteiger charge is -2.38. The molecule has 2 aromatic rings. The van der Waals surface area contributed by atoms with E-state index in [2.05, 4.69) is 5.10 Å². The number of aromatic nitrogens is 2. The summed E-state index contributed by atoms with van der Waals surface area (Å²) in [5.74, 6) is -0.336. The first kappa shape index (κ1) is 21.2. The van der Waals surface area contributed by atoms with Crippen LogP contribution in [0.2, 0.25) is 0 Å². The Labute approximate surface area is 184 Å². The van der Waals surface area contributed by atoms with Crippen LogP contribution < -0.4 is 0 Å². The first-order chi connectivity index (χ1) is 14.8. The lowest BCUT2D eigenvalue weighted by atomic mass is 9.78. The second-order valence-electron chi connectivity index (χ2n) is 8.36. The maximum absolute atomic E-state index is 13.1. The number of carbonyl (C=O) groups excluding carboxylic acids is 2. The summed E-state index contributed by atoms with van der Waals surface area (Å²) >= 11 is 1.59. The maximum Gasteiger partial charge on any atom is 0.322 e. The van der Waals surface area contributed by atoms with Gasteiger partial charge in [0.15, 0.2) is 0 Å². The zero-order chi connectivity index (χ0) is 22.2. The molecule has 164 valence electrons. The minimum atomic E-state index is -0.533. The Morgan fingerprint density at radius 2 is 1.90 bits per heavy atom. The SMILES string of the molecule is Cc1nn(C)c(C(=O)N2CCC3(CCN(C(=O)C=Cc4ccsc4)CC3)C2)c1[N+](=O)[O-]. The summed E-state index contributed by atoms with van der Waals surface area (Å²) in [5, 5.41) is 19.5. The van der Waals surface area contributed by atoms with Crippen LogP contribution in [0.1, 0.15) is 41.0 Å². The fourth-order valence-corrected chi connectivity index (χ4v) is 5.24. The number of nitrogens with zero attached hydrogens (tertiary/aromatic N) is 5. The van der Waals surface area contributed by atoms with E-state index in [4.69, 9.17) is 0 Å². The second kappa shape index (κ2) is 8.26. The molecule has 0 aliphatic carbocycles. The van der Waals surface area contributed by atoms with Gasteiger partial charge in [-0.25, -0.2) is 0 Å². The number of piperidine rings is 1. The van der Waals surface area contributed by atoms with Gasteiger partial charge in [0.25, 0.3) is 5.91 Å². The topological polar surface area (TPSA) is 102 Å². The molecule has 2 aromatic heterocycles. The van der Waals surface area contributed by atoms with Crippen molar-refractivity contribution in [3.05, 3.63) is 50.0 Å². The highest BCUT2D eigenvalue weighted by atomic mass is 32.1. The molecule has 1 spiro atoms. The van der Waals surface area contributed by atoms with Crippen LogP contribution in [0.25, 0.3) is 6.08 Å². The first-order valence-electron chi connectivity index (χ1n) is 10.3. The van der Waals surface area contributed by atoms with Crippen LogP contribution in [0.3, 0.4) is 0 Å². The molecule has 0 bridgehead atoms. The number of likely N-dealkylation sites (tertiary alicyclic amines) is 2. The summed E-state index contributed by atoms with van der Waals surface area (Å²) in [6.07, 6.45) is 5.94. The Morgan fingerprint density at radius 1 is 1.23 bits per heavy atom. The number of thiophene rings is 1. The van der Waals surface area contributed by atoms with Crippen LogP contribution in [0.4, 0.5) is 5.69 Å². The number of amides is 2. The second-order valence-corrected chi connectivity index (χ2v) is 9.14. The highest BCUT2D eigenvalue weighted by molar-refractivity contribution is 7.08. The van der Waals surface area contributed by atoms with Crippen molar-refractivity contribution in [2.24, 2.45) is 12.5 Å². The van der Waals surface area contributed by atoms with Crippen LogP contribution >= 0.6 is 11.3 Å². The summed E-state index contributed by atoms with van der Waals surface area (Å²) in [4.78, 5) is 40.1. The average Bonchev–Trinajstić information content (AvgIpc) is 3.46. The van der Waals surface area contributed by atoms with Crippen molar-refractivity contribution < 1.29 is 14.5 Å². The van der Waals surface area contributed by atoms with Crippen LogP contribution in [-0.4, -0.2) is 62.5 Å². The summed E-state index contributed by atoms with van der Waals surface area (Å²) < 4.78 is 1.31. The Kier molecular flexibility index (Phi) is 5.65. The van der Waals surface area contributed by atoms with Gasteiger partial charge in [0.05, 0.1) is 4.92 Å². The third kappa shape index (κ3) is 4.12. The van der Waals surface area contributed by atoms with E-state index in [1.807, 2.05) is 27.8 Å². The normalized spacial score (nSPS) is 18.3. The maximum atomic E-state index is 13.1. The number of hydrogen-bond acceptors (Lipinski definition) is 6. The largest absolute Gasteiger partial charge is 0.339 e. The van der Waals surface area contributed by atoms with Gasteiger partial charge >= 0.3 is 5.69 Å². The van der Waals surface area contributed by atoms with Crippen LogP contribution in [-0.2, 0) is 11.8 Å². The predicted molar refractivity (Wildman–Crippen MR) is 117 cm³/mol. The summed E-state index contributed by atoms with van der Waals surface area (Å²) in [6.45, 7) is 3.96. The fraction of sp³-hybridized carbons (Fsp3) is 0.476. The molecule has 2 fully saturated rings. The third-order valence-electron chi connectivity index (χ3n) is 6.40. The van der Waals surface area contributed by atoms with E-state index in [0.29, 0.717) is 26.2 Å². The quantitative estimate of drug-likeness (QED) is 0.411. The van der Waals surface area contributed by atoms with Gasteiger partial charge in [-0.2, -0.15) is 16.4 Å². The Balaban J connectivity index is 1.39. The lowest BCUT2D eigenvalue weighted by Crippen LogP contribution is -2.44. The lowest BCUT2D eigenvalue weighted by molar-refractivity contribution is -0.385. The van der Waals surface area contributed by atoms with Gasteiger partial charge in [0.2, 0.25) is 11.6 Å². The smallest absolute Gasteiger partial charge is 0.322 e. The van der Waals surface area contributed by atoms with E-state index in [9.17, 15) is 19.7 Å². The predicted octanol–water partition coefficient (Wildman–Crippen LogP) is 2.87. The van der Waals surface area contributed by atoms with Gasteiger partial charge in [-0.1, -0.05) is 0 Å². The molecule has 0 radical (unpaired) electrons. The van der Waals surface area contributed by atoms with E-state index in [-0.39, 0.29) is 34.3 Å². The van der Waals surface area contributed by atoms with Crippen molar-refractivity contribution in [1.82, 2.24) is 19.6 Å². The van der Waals surface area contributed by atoms with Crippen molar-refractivity contribution in [1.29, 1.82) is 0 Å². The summed E-state index contributed by atoms with van der Waals surface area (Å²) in [5.41, 5.74) is 1.05. The van der Waals surface area contributed by atoms with E-state index in [1.54, 1.807) is 36.3 Å². The highest BCUT2D eigenvalue weighted by Gasteiger charge is 2.44. The summed E-state index contributed by atoms with van der Waals surface area (Å²) in [7, 11) is 1.56. The van der Waals surface area contributed by atoms with Crippen LogP contribution in [0.5, 0.6) is 0 Å². The zero-order valence-corrected chi connectivity index (χ0v) is 18.4. The third-order valence-corrected chi connectivity index (χ3v) is 7.10. The molecule has 0 aromatic carbocycles. The van der Waals surface area contributed by atoms with E-state index >= 15 is 0 Å². The molecule has 0 unspecified atom stereocenters. The van der Waals surface area contributed by atoms with Crippen molar-refractivity contribution >= 4 is 34.9 Å². The zero-order valence-electron chi connectivity index (χ0n) is 17.6. The molecular weight excluding hydrogens is 418 g/mol. The number of nitro groups is 1. The van der Waals surface area contributed by atoms with E-state index < -0.39 is 4.92 Å². The number of hydrogen-bond donors (Lipinski definition) is 0. The molecule has 31 heavy (non-hydrogen) atoms. The molecule has 0 N–H and O–H groups in total. The number of rotatable bonds is 4. The Morgan fingerprint density at radius 3 is 2.52 bits per heavy atom. The molecule has 2 amide bonds. The van der Waals surface area contributed by atoms with Crippen LogP contribution in [0.15, 0.2) is 22.9 Å². The van der Waals surface area contributed by atoms with Crippen LogP contribution in [0, 0.1) is 22.5 Å². The first-order valence-corrected chi connectivity index (χ1v) is 11.2. The van der Waals surface area contributed by atoms with Crippen molar-refractivity contribution in [2.75, 3.05) is 26.2 Å². The Bertz CT molecular complexity index is 1030. The monoisotopic (exact) mass is 443 g/mol. The van der Waals surface area contributed by atoms with Gasteiger partial charge in [0, 0.05) is 39.3 Å². The highest BCUT2D eigenvalue weighted by Crippen LogP contribution is 2.41.